The lowest BCUT2D eigenvalue weighted by Gasteiger charge is -2.14. The van der Waals surface area contributed by atoms with Crippen molar-refractivity contribution in [3.05, 3.63) is 52.5 Å². The van der Waals surface area contributed by atoms with Crippen LogP contribution in [0.4, 0.5) is 0 Å². The van der Waals surface area contributed by atoms with Crippen LogP contribution in [-0.2, 0) is 0 Å². The van der Waals surface area contributed by atoms with E-state index < -0.39 is 0 Å². The van der Waals surface area contributed by atoms with E-state index in [4.69, 9.17) is 27.9 Å². The normalized spacial score (nSPS) is 17.2. The molecule has 4 nitrogen and oxygen atoms in total. The average Bonchev–Trinajstić information content (AvgIpc) is 3.43. The van der Waals surface area contributed by atoms with Crippen molar-refractivity contribution in [2.75, 3.05) is 13.2 Å². The summed E-state index contributed by atoms with van der Waals surface area (Å²) in [6, 6.07) is 14.4. The van der Waals surface area contributed by atoms with Crippen molar-refractivity contribution < 1.29 is 4.74 Å². The number of benzene rings is 3. The van der Waals surface area contributed by atoms with Gasteiger partial charge in [0.25, 0.3) is 0 Å². The highest BCUT2D eigenvalue weighted by atomic mass is 35.5. The van der Waals surface area contributed by atoms with Gasteiger partial charge in [0, 0.05) is 48.7 Å². The molecule has 1 fully saturated rings. The number of aromatic nitrogens is 2. The number of halogens is 2. The van der Waals surface area contributed by atoms with E-state index in [1.165, 1.54) is 6.42 Å². The molecule has 5 aromatic rings. The molecule has 3 heterocycles. The molecule has 6 heteroatoms. The summed E-state index contributed by atoms with van der Waals surface area (Å²) in [7, 11) is 0. The second-order valence-corrected chi connectivity index (χ2v) is 8.66. The van der Waals surface area contributed by atoms with Crippen LogP contribution in [0.2, 0.25) is 10.0 Å². The number of H-pyrrole nitrogens is 2. The topological polar surface area (TPSA) is 52.8 Å². The highest BCUT2D eigenvalue weighted by Gasteiger charge is 2.20. The molecule has 3 N–H and O–H groups in total. The Morgan fingerprint density at radius 2 is 1.45 bits per heavy atom. The van der Waals surface area contributed by atoms with E-state index in [9.17, 15) is 0 Å². The smallest absolute Gasteiger partial charge is 0.167 e. The Bertz CT molecular complexity index is 1300. The Labute approximate surface area is 177 Å². The van der Waals surface area contributed by atoms with Gasteiger partial charge in [-0.15, -0.1) is 0 Å². The van der Waals surface area contributed by atoms with E-state index in [0.717, 1.165) is 72.4 Å². The summed E-state index contributed by atoms with van der Waals surface area (Å²) in [5, 5.41) is 9.34. The van der Waals surface area contributed by atoms with Gasteiger partial charge in [0.05, 0.1) is 11.0 Å². The standard InChI is InChI=1S/C23H19Cl2N3O/c24-12-3-5-19-15(8-12)17-10-18-16-9-13(25)4-6-20(16)28-22(18)23(21(17)27-19)29-11-14-2-1-7-26-14/h3-6,8-10,14,26-28H,1-2,7,11H2. The molecular weight excluding hydrogens is 405 g/mol. The fourth-order valence-corrected chi connectivity index (χ4v) is 4.87. The second-order valence-electron chi connectivity index (χ2n) is 7.78. The van der Waals surface area contributed by atoms with Crippen molar-refractivity contribution >= 4 is 66.8 Å². The fraction of sp³-hybridized carbons (Fsp3) is 0.217. The quantitative estimate of drug-likeness (QED) is 0.314. The predicted molar refractivity (Wildman–Crippen MR) is 122 cm³/mol. The van der Waals surface area contributed by atoms with E-state index in [-0.39, 0.29) is 0 Å². The lowest BCUT2D eigenvalue weighted by molar-refractivity contribution is 0.282. The van der Waals surface area contributed by atoms with Gasteiger partial charge in [-0.1, -0.05) is 23.2 Å². The van der Waals surface area contributed by atoms with Crippen LogP contribution in [0.3, 0.4) is 0 Å². The van der Waals surface area contributed by atoms with Crippen molar-refractivity contribution in [3.63, 3.8) is 0 Å². The van der Waals surface area contributed by atoms with Crippen LogP contribution in [-0.4, -0.2) is 29.2 Å². The molecule has 0 amide bonds. The Hall–Kier alpha value is -2.40. The molecule has 29 heavy (non-hydrogen) atoms. The zero-order valence-electron chi connectivity index (χ0n) is 15.6. The largest absolute Gasteiger partial charge is 0.488 e. The maximum atomic E-state index is 6.45. The van der Waals surface area contributed by atoms with Crippen LogP contribution < -0.4 is 10.1 Å². The molecular formula is C23H19Cl2N3O. The molecule has 1 atom stereocenters. The van der Waals surface area contributed by atoms with Crippen molar-refractivity contribution in [3.8, 4) is 5.75 Å². The van der Waals surface area contributed by atoms with Gasteiger partial charge in [0.2, 0.25) is 0 Å². The average molecular weight is 424 g/mol. The van der Waals surface area contributed by atoms with E-state index in [1.54, 1.807) is 0 Å². The van der Waals surface area contributed by atoms with E-state index >= 15 is 0 Å². The molecule has 0 bridgehead atoms. The van der Waals surface area contributed by atoms with Crippen LogP contribution in [0.15, 0.2) is 42.5 Å². The van der Waals surface area contributed by atoms with Gasteiger partial charge in [-0.3, -0.25) is 0 Å². The van der Waals surface area contributed by atoms with Crippen molar-refractivity contribution in [1.82, 2.24) is 15.3 Å². The van der Waals surface area contributed by atoms with Crippen LogP contribution in [0.25, 0.3) is 43.6 Å². The Balaban J connectivity index is 1.66. The van der Waals surface area contributed by atoms with Crippen LogP contribution in [0.5, 0.6) is 5.75 Å². The first kappa shape index (κ1) is 17.5. The number of fused-ring (bicyclic) bond motifs is 6. The molecule has 146 valence electrons. The maximum absolute atomic E-state index is 6.45. The van der Waals surface area contributed by atoms with E-state index in [1.807, 2.05) is 36.4 Å². The Morgan fingerprint density at radius 3 is 2.00 bits per heavy atom. The number of nitrogens with one attached hydrogen (secondary N) is 3. The minimum Gasteiger partial charge on any atom is -0.488 e. The first-order chi connectivity index (χ1) is 14.2. The monoisotopic (exact) mass is 423 g/mol. The molecule has 1 aliphatic rings. The highest BCUT2D eigenvalue weighted by Crippen LogP contribution is 2.41. The molecule has 6 rings (SSSR count). The summed E-state index contributed by atoms with van der Waals surface area (Å²) in [5.41, 5.74) is 4.07. The third-order valence-electron chi connectivity index (χ3n) is 5.94. The van der Waals surface area contributed by atoms with E-state index in [0.29, 0.717) is 12.6 Å². The second kappa shape index (κ2) is 6.56. The summed E-state index contributed by atoms with van der Waals surface area (Å²) in [5.74, 6) is 0.853. The lowest BCUT2D eigenvalue weighted by atomic mass is 10.1. The Morgan fingerprint density at radius 1 is 0.828 bits per heavy atom. The van der Waals surface area contributed by atoms with E-state index in [2.05, 4.69) is 21.4 Å². The molecule has 0 spiro atoms. The van der Waals surface area contributed by atoms with Gasteiger partial charge in [0.15, 0.2) is 5.75 Å². The number of hydrogen-bond acceptors (Lipinski definition) is 2. The molecule has 3 aromatic carbocycles. The van der Waals surface area contributed by atoms with Gasteiger partial charge in [-0.2, -0.15) is 0 Å². The summed E-state index contributed by atoms with van der Waals surface area (Å²) in [4.78, 5) is 7.09. The van der Waals surface area contributed by atoms with Gasteiger partial charge in [-0.25, -0.2) is 0 Å². The van der Waals surface area contributed by atoms with Crippen molar-refractivity contribution in [1.29, 1.82) is 0 Å². The number of aromatic amines is 2. The molecule has 0 radical (unpaired) electrons. The van der Waals surface area contributed by atoms with Crippen LogP contribution in [0, 0.1) is 0 Å². The number of hydrogen-bond donors (Lipinski definition) is 3. The summed E-state index contributed by atoms with van der Waals surface area (Å²) in [6.45, 7) is 1.70. The first-order valence-electron chi connectivity index (χ1n) is 9.88. The zero-order chi connectivity index (χ0) is 19.5. The first-order valence-corrected chi connectivity index (χ1v) is 10.6. The van der Waals surface area contributed by atoms with Gasteiger partial charge in [-0.05, 0) is 61.9 Å². The van der Waals surface area contributed by atoms with Gasteiger partial charge >= 0.3 is 0 Å². The van der Waals surface area contributed by atoms with Gasteiger partial charge < -0.3 is 20.0 Å². The zero-order valence-corrected chi connectivity index (χ0v) is 17.1. The van der Waals surface area contributed by atoms with Crippen LogP contribution >= 0.6 is 23.2 Å². The maximum Gasteiger partial charge on any atom is 0.167 e. The molecule has 0 saturated carbocycles. The molecule has 2 aromatic heterocycles. The summed E-state index contributed by atoms with van der Waals surface area (Å²) >= 11 is 12.6. The summed E-state index contributed by atoms with van der Waals surface area (Å²) < 4.78 is 6.45. The minimum absolute atomic E-state index is 0.387. The molecule has 0 aliphatic carbocycles. The van der Waals surface area contributed by atoms with Crippen LogP contribution in [0.1, 0.15) is 12.8 Å². The SMILES string of the molecule is Clc1ccc2[nH]c3c(OCC4CCCN4)c4[nH]c5ccc(Cl)cc5c4cc3c2c1. The molecule has 1 unspecified atom stereocenters. The molecule has 1 aliphatic heterocycles. The summed E-state index contributed by atoms with van der Waals surface area (Å²) in [6.07, 6.45) is 2.34. The third kappa shape index (κ3) is 2.78. The number of ether oxygens (including phenoxy) is 1. The minimum atomic E-state index is 0.387. The number of rotatable bonds is 3. The third-order valence-corrected chi connectivity index (χ3v) is 6.41. The lowest BCUT2D eigenvalue weighted by Crippen LogP contribution is -2.28. The predicted octanol–water partition coefficient (Wildman–Crippen LogP) is 6.39. The fourth-order valence-electron chi connectivity index (χ4n) is 4.52. The highest BCUT2D eigenvalue weighted by molar-refractivity contribution is 6.33. The van der Waals surface area contributed by atoms with Crippen molar-refractivity contribution in [2.45, 2.75) is 18.9 Å². The van der Waals surface area contributed by atoms with Crippen molar-refractivity contribution in [2.24, 2.45) is 0 Å². The Kier molecular flexibility index (Phi) is 3.95. The van der Waals surface area contributed by atoms with Gasteiger partial charge in [0.1, 0.15) is 6.61 Å². The molecule has 1 saturated heterocycles.